The van der Waals surface area contributed by atoms with Crippen LogP contribution in [0.1, 0.15) is 26.2 Å². The molecule has 0 aromatic heterocycles. The zero-order valence-corrected chi connectivity index (χ0v) is 7.59. The topological polar surface area (TPSA) is 29.3 Å². The van der Waals surface area contributed by atoms with Crippen LogP contribution in [-0.4, -0.2) is 35.7 Å². The van der Waals surface area contributed by atoms with Crippen LogP contribution in [0.25, 0.3) is 0 Å². The molecule has 3 heteroatoms. The molecule has 0 bridgehead atoms. The number of halogens is 1. The van der Waals surface area contributed by atoms with Gasteiger partial charge in [-0.2, -0.15) is 0 Å². The second-order valence-electron chi connectivity index (χ2n) is 4.17. The first-order valence-electron chi connectivity index (χ1n) is 4.84. The molecule has 2 aliphatic rings. The number of nitrogens with zero attached hydrogens (tertiary/aromatic N) is 1. The first-order valence-corrected chi connectivity index (χ1v) is 4.84. The average molecular weight is 172 g/mol. The summed E-state index contributed by atoms with van der Waals surface area (Å²) in [5.41, 5.74) is 4.81. The third-order valence-corrected chi connectivity index (χ3v) is 3.09. The smallest absolute Gasteiger partial charge is 0.126 e. The molecule has 1 atom stereocenters. The SMILES string of the molecule is CC[C@@H](N1CC(N)C1)C1(F)CC1. The van der Waals surface area contributed by atoms with E-state index in [9.17, 15) is 4.39 Å². The van der Waals surface area contributed by atoms with E-state index in [1.54, 1.807) is 0 Å². The van der Waals surface area contributed by atoms with Crippen LogP contribution >= 0.6 is 0 Å². The highest BCUT2D eigenvalue weighted by Crippen LogP contribution is 2.46. The van der Waals surface area contributed by atoms with Crippen LogP contribution in [0, 0.1) is 0 Å². The van der Waals surface area contributed by atoms with Gasteiger partial charge in [-0.25, -0.2) is 4.39 Å². The highest BCUT2D eigenvalue weighted by atomic mass is 19.1. The first kappa shape index (κ1) is 8.45. The van der Waals surface area contributed by atoms with Crippen molar-refractivity contribution < 1.29 is 4.39 Å². The highest BCUT2D eigenvalue weighted by Gasteiger charge is 2.53. The number of hydrogen-bond donors (Lipinski definition) is 1. The third-order valence-electron chi connectivity index (χ3n) is 3.09. The van der Waals surface area contributed by atoms with E-state index in [4.69, 9.17) is 5.73 Å². The summed E-state index contributed by atoms with van der Waals surface area (Å²) in [6, 6.07) is 0.443. The Kier molecular flexibility index (Phi) is 1.88. The lowest BCUT2D eigenvalue weighted by Gasteiger charge is -2.43. The van der Waals surface area contributed by atoms with Gasteiger partial charge in [-0.1, -0.05) is 6.92 Å². The van der Waals surface area contributed by atoms with Crippen molar-refractivity contribution in [2.45, 2.75) is 43.9 Å². The Labute approximate surface area is 72.9 Å². The number of alkyl halides is 1. The van der Waals surface area contributed by atoms with Gasteiger partial charge in [0, 0.05) is 25.2 Å². The van der Waals surface area contributed by atoms with E-state index in [2.05, 4.69) is 11.8 Å². The van der Waals surface area contributed by atoms with E-state index < -0.39 is 5.67 Å². The van der Waals surface area contributed by atoms with Gasteiger partial charge in [0.25, 0.3) is 0 Å². The molecular formula is C9H17FN2. The molecule has 0 unspecified atom stereocenters. The van der Waals surface area contributed by atoms with Crippen LogP contribution in [0.3, 0.4) is 0 Å². The van der Waals surface area contributed by atoms with Gasteiger partial charge in [0.05, 0.1) is 0 Å². The lowest BCUT2D eigenvalue weighted by atomic mass is 9.99. The van der Waals surface area contributed by atoms with Gasteiger partial charge in [0.2, 0.25) is 0 Å². The van der Waals surface area contributed by atoms with Crippen molar-refractivity contribution in [2.24, 2.45) is 5.73 Å². The lowest BCUT2D eigenvalue weighted by Crippen LogP contribution is -2.61. The second kappa shape index (κ2) is 2.67. The number of rotatable bonds is 3. The molecule has 12 heavy (non-hydrogen) atoms. The average Bonchev–Trinajstić information content (AvgIpc) is 2.67. The molecule has 1 aliphatic carbocycles. The van der Waals surface area contributed by atoms with E-state index in [0.717, 1.165) is 32.4 Å². The molecule has 0 aromatic carbocycles. The van der Waals surface area contributed by atoms with E-state index in [1.807, 2.05) is 0 Å². The van der Waals surface area contributed by atoms with Crippen molar-refractivity contribution in [3.05, 3.63) is 0 Å². The first-order chi connectivity index (χ1) is 5.65. The minimum atomic E-state index is -0.852. The molecule has 2 nitrogen and oxygen atoms in total. The van der Waals surface area contributed by atoms with Crippen LogP contribution in [0.5, 0.6) is 0 Å². The maximum atomic E-state index is 13.7. The minimum Gasteiger partial charge on any atom is -0.325 e. The van der Waals surface area contributed by atoms with Crippen molar-refractivity contribution in [3.63, 3.8) is 0 Å². The molecular weight excluding hydrogens is 155 g/mol. The monoisotopic (exact) mass is 172 g/mol. The number of hydrogen-bond acceptors (Lipinski definition) is 2. The predicted molar refractivity (Wildman–Crippen MR) is 46.7 cm³/mol. The normalized spacial score (nSPS) is 31.2. The number of nitrogens with two attached hydrogens (primary N) is 1. The largest absolute Gasteiger partial charge is 0.325 e. The van der Waals surface area contributed by atoms with Crippen LogP contribution in [-0.2, 0) is 0 Å². The summed E-state index contributed by atoms with van der Waals surface area (Å²) in [6.45, 7) is 3.85. The van der Waals surface area contributed by atoms with Gasteiger partial charge in [-0.3, -0.25) is 4.90 Å². The standard InChI is InChI=1S/C9H17FN2/c1-2-8(9(10)3-4-9)12-5-7(11)6-12/h7-8H,2-6,11H2,1H3/t8-/m1/s1. The fraction of sp³-hybridized carbons (Fsp3) is 1.00. The molecule has 2 N–H and O–H groups in total. The zero-order valence-electron chi connectivity index (χ0n) is 7.59. The van der Waals surface area contributed by atoms with Crippen LogP contribution < -0.4 is 5.73 Å². The summed E-state index contributed by atoms with van der Waals surface area (Å²) in [5.74, 6) is 0. The quantitative estimate of drug-likeness (QED) is 0.685. The molecule has 0 radical (unpaired) electrons. The molecule has 1 heterocycles. The summed E-state index contributed by atoms with van der Waals surface area (Å²) in [6.07, 6.45) is 2.44. The fourth-order valence-electron chi connectivity index (χ4n) is 2.21. The van der Waals surface area contributed by atoms with E-state index in [1.165, 1.54) is 0 Å². The van der Waals surface area contributed by atoms with Gasteiger partial charge in [0.1, 0.15) is 5.67 Å². The molecule has 0 spiro atoms. The maximum Gasteiger partial charge on any atom is 0.126 e. The van der Waals surface area contributed by atoms with Crippen molar-refractivity contribution in [2.75, 3.05) is 13.1 Å². The fourth-order valence-corrected chi connectivity index (χ4v) is 2.21. The van der Waals surface area contributed by atoms with Crippen molar-refractivity contribution in [1.82, 2.24) is 4.90 Å². The summed E-state index contributed by atoms with van der Waals surface area (Å²) in [5, 5.41) is 0. The van der Waals surface area contributed by atoms with Crippen molar-refractivity contribution in [1.29, 1.82) is 0 Å². The maximum absolute atomic E-state index is 13.7. The minimum absolute atomic E-state index is 0.150. The molecule has 1 saturated carbocycles. The molecule has 2 rings (SSSR count). The van der Waals surface area contributed by atoms with E-state index in [0.29, 0.717) is 6.04 Å². The molecule has 0 amide bonds. The Bertz CT molecular complexity index is 173. The lowest BCUT2D eigenvalue weighted by molar-refractivity contribution is 0.0301. The summed E-state index contributed by atoms with van der Waals surface area (Å²) in [7, 11) is 0. The van der Waals surface area contributed by atoms with Gasteiger partial charge < -0.3 is 5.73 Å². The Morgan fingerprint density at radius 1 is 1.58 bits per heavy atom. The Morgan fingerprint density at radius 2 is 2.17 bits per heavy atom. The Hall–Kier alpha value is -0.150. The predicted octanol–water partition coefficient (Wildman–Crippen LogP) is 0.910. The molecule has 1 saturated heterocycles. The molecule has 0 aromatic rings. The van der Waals surface area contributed by atoms with Crippen molar-refractivity contribution >= 4 is 0 Å². The van der Waals surface area contributed by atoms with E-state index in [-0.39, 0.29) is 6.04 Å². The molecule has 2 fully saturated rings. The van der Waals surface area contributed by atoms with Gasteiger partial charge in [0.15, 0.2) is 0 Å². The van der Waals surface area contributed by atoms with Crippen LogP contribution in [0.15, 0.2) is 0 Å². The zero-order chi connectivity index (χ0) is 8.77. The van der Waals surface area contributed by atoms with Gasteiger partial charge in [-0.15, -0.1) is 0 Å². The Morgan fingerprint density at radius 3 is 2.50 bits per heavy atom. The van der Waals surface area contributed by atoms with Crippen LogP contribution in [0.2, 0.25) is 0 Å². The van der Waals surface area contributed by atoms with E-state index >= 15 is 0 Å². The van der Waals surface area contributed by atoms with Gasteiger partial charge >= 0.3 is 0 Å². The highest BCUT2D eigenvalue weighted by molar-refractivity contribution is 5.06. The molecule has 70 valence electrons. The number of likely N-dealkylation sites (tertiary alicyclic amines) is 1. The Balaban J connectivity index is 1.91. The van der Waals surface area contributed by atoms with Crippen molar-refractivity contribution in [3.8, 4) is 0 Å². The summed E-state index contributed by atoms with van der Waals surface area (Å²) < 4.78 is 13.7. The second-order valence-corrected chi connectivity index (χ2v) is 4.17. The van der Waals surface area contributed by atoms with Gasteiger partial charge in [-0.05, 0) is 19.3 Å². The summed E-state index contributed by atoms with van der Waals surface area (Å²) in [4.78, 5) is 2.19. The summed E-state index contributed by atoms with van der Waals surface area (Å²) >= 11 is 0. The van der Waals surface area contributed by atoms with Crippen LogP contribution in [0.4, 0.5) is 4.39 Å². The molecule has 1 aliphatic heterocycles. The third kappa shape index (κ3) is 1.25.